The van der Waals surface area contributed by atoms with E-state index in [-0.39, 0.29) is 5.41 Å². The summed E-state index contributed by atoms with van der Waals surface area (Å²) in [5, 5.41) is 11.9. The average Bonchev–Trinajstić information content (AvgIpc) is 2.26. The van der Waals surface area contributed by atoms with Crippen LogP contribution in [0.15, 0.2) is 18.3 Å². The Morgan fingerprint density at radius 3 is 2.75 bits per heavy atom. The maximum atomic E-state index is 8.56. The van der Waals surface area contributed by atoms with Crippen molar-refractivity contribution in [3.63, 3.8) is 0 Å². The van der Waals surface area contributed by atoms with Crippen LogP contribution in [0.3, 0.4) is 0 Å². The Kier molecular flexibility index (Phi) is 4.30. The summed E-state index contributed by atoms with van der Waals surface area (Å²) >= 11 is 0. The van der Waals surface area contributed by atoms with Gasteiger partial charge in [-0.1, -0.05) is 13.8 Å². The fraction of sp³-hybridized carbons (Fsp3) is 0.538. The van der Waals surface area contributed by atoms with Crippen LogP contribution in [0.4, 0.5) is 5.69 Å². The van der Waals surface area contributed by atoms with Crippen LogP contribution in [0.1, 0.15) is 32.4 Å². The van der Waals surface area contributed by atoms with E-state index in [0.717, 1.165) is 24.3 Å². The number of hydrogen-bond donors (Lipinski definition) is 1. The lowest BCUT2D eigenvalue weighted by Gasteiger charge is -2.24. The number of aromatic nitrogens is 1. The zero-order valence-electron chi connectivity index (χ0n) is 10.2. The minimum Gasteiger partial charge on any atom is -0.383 e. The number of rotatable bonds is 5. The van der Waals surface area contributed by atoms with Crippen molar-refractivity contribution in [3.8, 4) is 6.07 Å². The van der Waals surface area contributed by atoms with Gasteiger partial charge in [0.1, 0.15) is 0 Å². The minimum absolute atomic E-state index is 0.140. The second-order valence-electron chi connectivity index (χ2n) is 4.86. The van der Waals surface area contributed by atoms with Crippen LogP contribution in [0, 0.1) is 23.7 Å². The molecular formula is C13H19N3. The summed E-state index contributed by atoms with van der Waals surface area (Å²) in [4.78, 5) is 4.23. The highest BCUT2D eigenvalue weighted by molar-refractivity contribution is 5.40. The minimum atomic E-state index is 0.140. The lowest BCUT2D eigenvalue weighted by Crippen LogP contribution is -2.22. The molecule has 0 spiro atoms. The van der Waals surface area contributed by atoms with Crippen molar-refractivity contribution in [2.24, 2.45) is 5.41 Å². The van der Waals surface area contributed by atoms with Gasteiger partial charge in [0, 0.05) is 18.7 Å². The second kappa shape index (κ2) is 5.50. The van der Waals surface area contributed by atoms with E-state index >= 15 is 0 Å². The second-order valence-corrected chi connectivity index (χ2v) is 4.86. The van der Waals surface area contributed by atoms with Crippen LogP contribution in [-0.2, 0) is 0 Å². The third-order valence-electron chi connectivity index (χ3n) is 2.60. The quantitative estimate of drug-likeness (QED) is 0.824. The SMILES string of the molecule is Cc1ccc(NCC(C)(C)CCC#N)cn1. The Bertz CT molecular complexity index is 360. The van der Waals surface area contributed by atoms with Crippen molar-refractivity contribution in [2.75, 3.05) is 11.9 Å². The molecule has 0 fully saturated rings. The van der Waals surface area contributed by atoms with Gasteiger partial charge < -0.3 is 5.32 Å². The number of nitriles is 1. The molecule has 0 radical (unpaired) electrons. The molecule has 3 nitrogen and oxygen atoms in total. The fourth-order valence-electron chi connectivity index (χ4n) is 1.40. The topological polar surface area (TPSA) is 48.7 Å². The highest BCUT2D eigenvalue weighted by Gasteiger charge is 2.16. The number of anilines is 1. The van der Waals surface area contributed by atoms with Crippen molar-refractivity contribution < 1.29 is 0 Å². The number of nitrogens with one attached hydrogen (secondary N) is 1. The normalized spacial score (nSPS) is 10.9. The maximum Gasteiger partial charge on any atom is 0.0621 e. The van der Waals surface area contributed by atoms with Crippen LogP contribution in [0.5, 0.6) is 0 Å². The van der Waals surface area contributed by atoms with Crippen molar-refractivity contribution in [1.82, 2.24) is 4.98 Å². The van der Waals surface area contributed by atoms with Crippen molar-refractivity contribution in [1.29, 1.82) is 5.26 Å². The standard InChI is InChI=1S/C13H19N3/c1-11-5-6-12(9-15-11)16-10-13(2,3)7-4-8-14/h5-6,9,16H,4,7,10H2,1-3H3. The highest BCUT2D eigenvalue weighted by Crippen LogP contribution is 2.22. The number of nitrogens with zero attached hydrogens (tertiary/aromatic N) is 2. The summed E-state index contributed by atoms with van der Waals surface area (Å²) < 4.78 is 0. The van der Waals surface area contributed by atoms with Gasteiger partial charge in [0.05, 0.1) is 18.0 Å². The lowest BCUT2D eigenvalue weighted by atomic mass is 9.88. The van der Waals surface area contributed by atoms with E-state index in [1.165, 1.54) is 0 Å². The van der Waals surface area contributed by atoms with E-state index in [2.05, 4.69) is 30.2 Å². The molecule has 0 aliphatic carbocycles. The smallest absolute Gasteiger partial charge is 0.0621 e. The predicted octanol–water partition coefficient (Wildman–Crippen LogP) is 3.13. The first-order valence-corrected chi connectivity index (χ1v) is 5.57. The van der Waals surface area contributed by atoms with E-state index in [9.17, 15) is 0 Å². The van der Waals surface area contributed by atoms with Crippen molar-refractivity contribution in [2.45, 2.75) is 33.6 Å². The Balaban J connectivity index is 2.45. The van der Waals surface area contributed by atoms with E-state index in [1.807, 2.05) is 25.3 Å². The monoisotopic (exact) mass is 217 g/mol. The van der Waals surface area contributed by atoms with Crippen molar-refractivity contribution in [3.05, 3.63) is 24.0 Å². The number of aryl methyl sites for hydroxylation is 1. The van der Waals surface area contributed by atoms with Gasteiger partial charge in [-0.2, -0.15) is 5.26 Å². The summed E-state index contributed by atoms with van der Waals surface area (Å²) in [6.07, 6.45) is 3.37. The molecular weight excluding hydrogens is 198 g/mol. The Hall–Kier alpha value is -1.56. The van der Waals surface area contributed by atoms with Crippen LogP contribution in [-0.4, -0.2) is 11.5 Å². The number of pyridine rings is 1. The zero-order valence-corrected chi connectivity index (χ0v) is 10.2. The van der Waals surface area contributed by atoms with Gasteiger partial charge in [0.25, 0.3) is 0 Å². The molecule has 86 valence electrons. The largest absolute Gasteiger partial charge is 0.383 e. The van der Waals surface area contributed by atoms with Gasteiger partial charge in [0.2, 0.25) is 0 Å². The van der Waals surface area contributed by atoms with E-state index in [4.69, 9.17) is 5.26 Å². The Labute approximate surface area is 97.5 Å². The summed E-state index contributed by atoms with van der Waals surface area (Å²) in [5.74, 6) is 0. The predicted molar refractivity (Wildman–Crippen MR) is 66.1 cm³/mol. The highest BCUT2D eigenvalue weighted by atomic mass is 14.9. The molecule has 1 rings (SSSR count). The molecule has 0 saturated carbocycles. The first kappa shape index (κ1) is 12.5. The molecule has 0 aromatic carbocycles. The maximum absolute atomic E-state index is 8.56. The van der Waals surface area contributed by atoms with E-state index in [0.29, 0.717) is 6.42 Å². The molecule has 1 aromatic rings. The van der Waals surface area contributed by atoms with Crippen LogP contribution in [0.25, 0.3) is 0 Å². The summed E-state index contributed by atoms with van der Waals surface area (Å²) in [6.45, 7) is 7.16. The van der Waals surface area contributed by atoms with Gasteiger partial charge in [-0.3, -0.25) is 4.98 Å². The van der Waals surface area contributed by atoms with Crippen LogP contribution < -0.4 is 5.32 Å². The first-order chi connectivity index (χ1) is 7.53. The average molecular weight is 217 g/mol. The molecule has 1 aromatic heterocycles. The molecule has 1 N–H and O–H groups in total. The molecule has 0 atom stereocenters. The molecule has 0 aliphatic heterocycles. The van der Waals surface area contributed by atoms with Gasteiger partial charge in [0.15, 0.2) is 0 Å². The first-order valence-electron chi connectivity index (χ1n) is 5.57. The molecule has 0 amide bonds. The summed E-state index contributed by atoms with van der Waals surface area (Å²) in [5.41, 5.74) is 2.20. The Morgan fingerprint density at radius 1 is 1.44 bits per heavy atom. The Morgan fingerprint density at radius 2 is 2.19 bits per heavy atom. The van der Waals surface area contributed by atoms with E-state index in [1.54, 1.807) is 0 Å². The molecule has 0 bridgehead atoms. The van der Waals surface area contributed by atoms with Gasteiger partial charge in [-0.15, -0.1) is 0 Å². The third-order valence-corrected chi connectivity index (χ3v) is 2.60. The number of hydrogen-bond acceptors (Lipinski definition) is 3. The van der Waals surface area contributed by atoms with E-state index < -0.39 is 0 Å². The molecule has 3 heteroatoms. The molecule has 1 heterocycles. The van der Waals surface area contributed by atoms with Gasteiger partial charge in [-0.05, 0) is 30.9 Å². The van der Waals surface area contributed by atoms with Crippen LogP contribution in [0.2, 0.25) is 0 Å². The molecule has 16 heavy (non-hydrogen) atoms. The molecule has 0 unspecified atom stereocenters. The lowest BCUT2D eigenvalue weighted by molar-refractivity contribution is 0.364. The summed E-state index contributed by atoms with van der Waals surface area (Å²) in [7, 11) is 0. The summed E-state index contributed by atoms with van der Waals surface area (Å²) in [6, 6.07) is 6.21. The van der Waals surface area contributed by atoms with Crippen molar-refractivity contribution >= 4 is 5.69 Å². The zero-order chi connectivity index (χ0) is 12.0. The van der Waals surface area contributed by atoms with Crippen LogP contribution >= 0.6 is 0 Å². The van der Waals surface area contributed by atoms with Gasteiger partial charge >= 0.3 is 0 Å². The molecule has 0 saturated heterocycles. The third kappa shape index (κ3) is 4.31. The van der Waals surface area contributed by atoms with Gasteiger partial charge in [-0.25, -0.2) is 0 Å². The fourth-order valence-corrected chi connectivity index (χ4v) is 1.40. The molecule has 0 aliphatic rings.